The Morgan fingerprint density at radius 3 is 1.47 bits per heavy atom. The second-order valence-electron chi connectivity index (χ2n) is 5.79. The van der Waals surface area contributed by atoms with Gasteiger partial charge in [0.1, 0.15) is 0 Å². The fourth-order valence-electron chi connectivity index (χ4n) is 1.81. The Kier molecular flexibility index (Phi) is 18.1. The first kappa shape index (κ1) is 19.3. The summed E-state index contributed by atoms with van der Waals surface area (Å²) in [5.74, 6) is 0.975. The van der Waals surface area contributed by atoms with Gasteiger partial charge in [0.15, 0.2) is 0 Å². The van der Waals surface area contributed by atoms with Crippen LogP contribution in [-0.4, -0.2) is 26.0 Å². The number of nitrogens with zero attached hydrogens (tertiary/aromatic N) is 1. The first-order valence-corrected chi connectivity index (χ1v) is 7.65. The van der Waals surface area contributed by atoms with E-state index in [1.807, 2.05) is 26.0 Å². The third-order valence-corrected chi connectivity index (χ3v) is 2.85. The van der Waals surface area contributed by atoms with E-state index in [2.05, 4.69) is 20.8 Å². The maximum Gasteiger partial charge on any atom is -0.0140 e. The number of hydrogen-bond acceptors (Lipinski definition) is 1. The van der Waals surface area contributed by atoms with E-state index < -0.39 is 0 Å². The summed E-state index contributed by atoms with van der Waals surface area (Å²) in [5.41, 5.74) is 0. The highest BCUT2D eigenvalue weighted by atomic mass is 15.0. The summed E-state index contributed by atoms with van der Waals surface area (Å²) in [5, 5.41) is 0. The van der Waals surface area contributed by atoms with E-state index in [1.165, 1.54) is 57.8 Å². The zero-order chi connectivity index (χ0) is 13.5. The quantitative estimate of drug-likeness (QED) is 0.493. The Balaban J connectivity index is 0. The minimum absolute atomic E-state index is 0.975. The van der Waals surface area contributed by atoms with Crippen LogP contribution in [0.1, 0.15) is 78.6 Å². The van der Waals surface area contributed by atoms with Gasteiger partial charge in [-0.1, -0.05) is 78.6 Å². The highest BCUT2D eigenvalue weighted by Crippen LogP contribution is 2.16. The van der Waals surface area contributed by atoms with E-state index in [1.54, 1.807) is 0 Å². The summed E-state index contributed by atoms with van der Waals surface area (Å²) in [7, 11) is 6.00. The first-order chi connectivity index (χ1) is 8.04. The lowest BCUT2D eigenvalue weighted by Crippen LogP contribution is -1.99. The van der Waals surface area contributed by atoms with Crippen LogP contribution in [0, 0.1) is 5.92 Å². The molecule has 0 fully saturated rings. The summed E-state index contributed by atoms with van der Waals surface area (Å²) in [6.45, 7) is 6.98. The van der Waals surface area contributed by atoms with Gasteiger partial charge in [-0.15, -0.1) is 0 Å². The molecule has 0 aromatic heterocycles. The molecule has 0 saturated heterocycles. The Labute approximate surface area is 111 Å². The van der Waals surface area contributed by atoms with Crippen molar-refractivity contribution in [1.29, 1.82) is 0 Å². The summed E-state index contributed by atoms with van der Waals surface area (Å²) in [6.07, 6.45) is 12.9. The molecule has 1 unspecified atom stereocenters. The van der Waals surface area contributed by atoms with Gasteiger partial charge in [-0.25, -0.2) is 0 Å². The van der Waals surface area contributed by atoms with Gasteiger partial charge in [-0.3, -0.25) is 0 Å². The topological polar surface area (TPSA) is 3.24 Å². The molecule has 0 N–H and O–H groups in total. The molecule has 0 heterocycles. The van der Waals surface area contributed by atoms with Crippen molar-refractivity contribution < 1.29 is 0 Å². The number of unbranched alkanes of at least 4 members (excludes halogenated alkanes) is 5. The van der Waals surface area contributed by atoms with Crippen molar-refractivity contribution in [2.24, 2.45) is 5.92 Å². The van der Waals surface area contributed by atoms with Gasteiger partial charge >= 0.3 is 0 Å². The minimum atomic E-state index is 0.975. The van der Waals surface area contributed by atoms with Crippen LogP contribution in [-0.2, 0) is 0 Å². The second-order valence-corrected chi connectivity index (χ2v) is 5.79. The molecule has 1 nitrogen and oxygen atoms in total. The Bertz CT molecular complexity index is 118. The molecule has 1 heteroatoms. The fourth-order valence-corrected chi connectivity index (χ4v) is 1.81. The Morgan fingerprint density at radius 2 is 1.06 bits per heavy atom. The van der Waals surface area contributed by atoms with Crippen LogP contribution in [0.3, 0.4) is 0 Å². The minimum Gasteiger partial charge on any atom is -0.312 e. The van der Waals surface area contributed by atoms with Crippen LogP contribution in [0.15, 0.2) is 0 Å². The van der Waals surface area contributed by atoms with E-state index >= 15 is 0 Å². The highest BCUT2D eigenvalue weighted by molar-refractivity contribution is 4.54. The van der Waals surface area contributed by atoms with E-state index in [9.17, 15) is 0 Å². The van der Waals surface area contributed by atoms with Crippen LogP contribution in [0.4, 0.5) is 0 Å². The first-order valence-electron chi connectivity index (χ1n) is 7.65. The third-order valence-electron chi connectivity index (χ3n) is 2.85. The fraction of sp³-hybridized carbons (Fsp3) is 1.00. The second kappa shape index (κ2) is 16.0. The van der Waals surface area contributed by atoms with Crippen molar-refractivity contribution in [3.05, 3.63) is 0 Å². The van der Waals surface area contributed by atoms with Gasteiger partial charge < -0.3 is 4.90 Å². The van der Waals surface area contributed by atoms with Gasteiger partial charge in [-0.2, -0.15) is 0 Å². The van der Waals surface area contributed by atoms with E-state index in [-0.39, 0.29) is 0 Å². The molecule has 1 atom stereocenters. The predicted octanol–water partition coefficient (Wildman–Crippen LogP) is 5.35. The van der Waals surface area contributed by atoms with Crippen molar-refractivity contribution in [2.45, 2.75) is 78.6 Å². The molecule has 17 heavy (non-hydrogen) atoms. The summed E-state index contributed by atoms with van der Waals surface area (Å²) in [4.78, 5) is 2.00. The van der Waals surface area contributed by atoms with Crippen LogP contribution < -0.4 is 0 Å². The zero-order valence-electron chi connectivity index (χ0n) is 13.4. The summed E-state index contributed by atoms with van der Waals surface area (Å²) >= 11 is 0. The van der Waals surface area contributed by atoms with Gasteiger partial charge in [-0.05, 0) is 27.1 Å². The summed E-state index contributed by atoms with van der Waals surface area (Å²) in [6, 6.07) is 0. The monoisotopic (exact) mass is 243 g/mol. The van der Waals surface area contributed by atoms with Crippen molar-refractivity contribution in [1.82, 2.24) is 4.90 Å². The van der Waals surface area contributed by atoms with Gasteiger partial charge in [0.25, 0.3) is 0 Å². The highest BCUT2D eigenvalue weighted by Gasteiger charge is 2.00. The lowest BCUT2D eigenvalue weighted by molar-refractivity contribution is 0.439. The maximum absolute atomic E-state index is 2.42. The predicted molar refractivity (Wildman–Crippen MR) is 81.7 cm³/mol. The van der Waals surface area contributed by atoms with Crippen molar-refractivity contribution in [2.75, 3.05) is 21.1 Å². The molecule has 0 aromatic carbocycles. The molecule has 106 valence electrons. The van der Waals surface area contributed by atoms with Crippen molar-refractivity contribution in [3.8, 4) is 0 Å². The molecule has 0 aliphatic carbocycles. The molecular formula is C16H37N. The molecule has 0 aliphatic rings. The lowest BCUT2D eigenvalue weighted by Gasteiger charge is -2.10. The van der Waals surface area contributed by atoms with Gasteiger partial charge in [0.05, 0.1) is 0 Å². The van der Waals surface area contributed by atoms with Crippen molar-refractivity contribution in [3.63, 3.8) is 0 Å². The van der Waals surface area contributed by atoms with Crippen LogP contribution in [0.2, 0.25) is 0 Å². The molecule has 0 bridgehead atoms. The third kappa shape index (κ3) is 25.9. The molecule has 0 spiro atoms. The largest absolute Gasteiger partial charge is 0.312 e. The van der Waals surface area contributed by atoms with Crippen LogP contribution in [0.5, 0.6) is 0 Å². The molecular weight excluding hydrogens is 206 g/mol. The van der Waals surface area contributed by atoms with E-state index in [0.29, 0.717) is 0 Å². The van der Waals surface area contributed by atoms with Gasteiger partial charge in [0.2, 0.25) is 0 Å². The number of rotatable bonds is 9. The molecule has 0 radical (unpaired) electrons. The zero-order valence-corrected chi connectivity index (χ0v) is 13.4. The standard InChI is InChI=1S/C13H28.C3H9N/c1-4-6-8-10-12-13(3)11-9-7-5-2;1-4(2)3/h13H,4-12H2,1-3H3;1-3H3. The normalized spacial score (nSPS) is 12.2. The Morgan fingerprint density at radius 1 is 0.706 bits per heavy atom. The SMILES string of the molecule is CCCCCCC(C)CCCCC.CN(C)C. The maximum atomic E-state index is 2.42. The summed E-state index contributed by atoms with van der Waals surface area (Å²) < 4.78 is 0. The molecule has 0 rings (SSSR count). The van der Waals surface area contributed by atoms with Crippen molar-refractivity contribution >= 4 is 0 Å². The van der Waals surface area contributed by atoms with Crippen LogP contribution >= 0.6 is 0 Å². The molecule has 0 aromatic rings. The smallest absolute Gasteiger partial charge is 0.0140 e. The molecule has 0 saturated carbocycles. The lowest BCUT2D eigenvalue weighted by atomic mass is 9.97. The average molecular weight is 243 g/mol. The Hall–Kier alpha value is -0.0400. The van der Waals surface area contributed by atoms with Crippen LogP contribution in [0.25, 0.3) is 0 Å². The van der Waals surface area contributed by atoms with E-state index in [4.69, 9.17) is 0 Å². The molecule has 0 amide bonds. The average Bonchev–Trinajstić information content (AvgIpc) is 2.24. The van der Waals surface area contributed by atoms with Gasteiger partial charge in [0, 0.05) is 0 Å². The molecule has 0 aliphatic heterocycles. The number of hydrogen-bond donors (Lipinski definition) is 0. The van der Waals surface area contributed by atoms with E-state index in [0.717, 1.165) is 5.92 Å².